The SMILES string of the molecule is COCc1nc(C)c(C(=O)N2CCc3ccccc32)s1. The van der Waals surface area contributed by atoms with E-state index < -0.39 is 0 Å². The molecule has 0 atom stereocenters. The second kappa shape index (κ2) is 5.34. The molecule has 3 rings (SSSR count). The van der Waals surface area contributed by atoms with Gasteiger partial charge < -0.3 is 9.64 Å². The van der Waals surface area contributed by atoms with Crippen molar-refractivity contribution >= 4 is 22.9 Å². The Labute approximate surface area is 122 Å². The minimum absolute atomic E-state index is 0.0484. The van der Waals surface area contributed by atoms with Gasteiger partial charge in [-0.3, -0.25) is 4.79 Å². The largest absolute Gasteiger partial charge is 0.378 e. The standard InChI is InChI=1S/C15H16N2O2S/c1-10-14(20-13(16-10)9-19-2)15(18)17-8-7-11-5-3-4-6-12(11)17/h3-6H,7-9H2,1-2H3. The number of aromatic nitrogens is 1. The molecule has 104 valence electrons. The topological polar surface area (TPSA) is 42.4 Å². The molecular weight excluding hydrogens is 272 g/mol. The number of methoxy groups -OCH3 is 1. The van der Waals surface area contributed by atoms with Crippen LogP contribution in [0.4, 0.5) is 5.69 Å². The zero-order valence-corrected chi connectivity index (χ0v) is 12.4. The van der Waals surface area contributed by atoms with Gasteiger partial charge in [-0.25, -0.2) is 4.98 Å². The second-order valence-corrected chi connectivity index (χ2v) is 5.87. The zero-order valence-electron chi connectivity index (χ0n) is 11.5. The molecule has 0 fully saturated rings. The summed E-state index contributed by atoms with van der Waals surface area (Å²) >= 11 is 1.43. The third-order valence-corrected chi connectivity index (χ3v) is 4.55. The number of fused-ring (bicyclic) bond motifs is 1. The maximum absolute atomic E-state index is 12.7. The molecule has 1 amide bonds. The number of rotatable bonds is 3. The van der Waals surface area contributed by atoms with Crippen LogP contribution >= 0.6 is 11.3 Å². The van der Waals surface area contributed by atoms with Gasteiger partial charge in [-0.1, -0.05) is 18.2 Å². The van der Waals surface area contributed by atoms with Crippen LogP contribution < -0.4 is 4.90 Å². The molecule has 5 heteroatoms. The number of amides is 1. The van der Waals surface area contributed by atoms with Crippen molar-refractivity contribution in [3.63, 3.8) is 0 Å². The van der Waals surface area contributed by atoms with Crippen LogP contribution in [0.2, 0.25) is 0 Å². The monoisotopic (exact) mass is 288 g/mol. The molecular formula is C15H16N2O2S. The first-order valence-corrected chi connectivity index (χ1v) is 7.37. The summed E-state index contributed by atoms with van der Waals surface area (Å²) in [5.74, 6) is 0.0484. The van der Waals surface area contributed by atoms with E-state index in [0.29, 0.717) is 11.5 Å². The number of anilines is 1. The third kappa shape index (κ3) is 2.23. The Balaban J connectivity index is 1.90. The van der Waals surface area contributed by atoms with Gasteiger partial charge in [0.15, 0.2) is 0 Å². The predicted molar refractivity (Wildman–Crippen MR) is 79.4 cm³/mol. The summed E-state index contributed by atoms with van der Waals surface area (Å²) in [5.41, 5.74) is 3.05. The fraction of sp³-hybridized carbons (Fsp3) is 0.333. The first kappa shape index (κ1) is 13.3. The first-order chi connectivity index (χ1) is 9.70. The van der Waals surface area contributed by atoms with Crippen molar-refractivity contribution in [1.82, 2.24) is 4.98 Å². The molecule has 0 unspecified atom stereocenters. The quantitative estimate of drug-likeness (QED) is 0.872. The molecule has 0 radical (unpaired) electrons. The van der Waals surface area contributed by atoms with Crippen molar-refractivity contribution in [2.75, 3.05) is 18.6 Å². The lowest BCUT2D eigenvalue weighted by molar-refractivity contribution is 0.0992. The highest BCUT2D eigenvalue weighted by Crippen LogP contribution is 2.30. The third-order valence-electron chi connectivity index (χ3n) is 3.44. The lowest BCUT2D eigenvalue weighted by atomic mass is 10.2. The van der Waals surface area contributed by atoms with Crippen molar-refractivity contribution < 1.29 is 9.53 Å². The molecule has 0 N–H and O–H groups in total. The smallest absolute Gasteiger partial charge is 0.270 e. The zero-order chi connectivity index (χ0) is 14.1. The van der Waals surface area contributed by atoms with E-state index in [9.17, 15) is 4.79 Å². The molecule has 0 spiro atoms. The summed E-state index contributed by atoms with van der Waals surface area (Å²) in [4.78, 5) is 19.7. The molecule has 0 saturated heterocycles. The molecule has 2 heterocycles. The molecule has 0 aliphatic carbocycles. The Bertz CT molecular complexity index is 651. The minimum Gasteiger partial charge on any atom is -0.378 e. The van der Waals surface area contributed by atoms with Crippen LogP contribution in [0.1, 0.15) is 25.9 Å². The summed E-state index contributed by atoms with van der Waals surface area (Å²) in [5, 5.41) is 0.848. The van der Waals surface area contributed by atoms with Crippen molar-refractivity contribution in [3.05, 3.63) is 45.4 Å². The number of carbonyl (C=O) groups excluding carboxylic acids is 1. The van der Waals surface area contributed by atoms with E-state index in [0.717, 1.165) is 29.4 Å². The van der Waals surface area contributed by atoms with Crippen LogP contribution in [0, 0.1) is 6.92 Å². The van der Waals surface area contributed by atoms with Crippen molar-refractivity contribution in [1.29, 1.82) is 0 Å². The van der Waals surface area contributed by atoms with Gasteiger partial charge >= 0.3 is 0 Å². The van der Waals surface area contributed by atoms with Crippen molar-refractivity contribution in [2.45, 2.75) is 20.0 Å². The summed E-state index contributed by atoms with van der Waals surface area (Å²) in [6, 6.07) is 8.08. The van der Waals surface area contributed by atoms with Crippen LogP contribution in [-0.4, -0.2) is 24.5 Å². The molecule has 1 aliphatic rings. The Hall–Kier alpha value is -1.72. The molecule has 0 saturated carbocycles. The number of benzene rings is 1. The van der Waals surface area contributed by atoms with E-state index in [1.807, 2.05) is 30.0 Å². The van der Waals surface area contributed by atoms with Crippen LogP contribution in [0.3, 0.4) is 0 Å². The first-order valence-electron chi connectivity index (χ1n) is 6.55. The number of carbonyl (C=O) groups is 1. The number of nitrogens with zero attached hydrogens (tertiary/aromatic N) is 2. The van der Waals surface area contributed by atoms with E-state index in [2.05, 4.69) is 11.1 Å². The summed E-state index contributed by atoms with van der Waals surface area (Å²) in [6.45, 7) is 3.08. The summed E-state index contributed by atoms with van der Waals surface area (Å²) < 4.78 is 5.08. The molecule has 20 heavy (non-hydrogen) atoms. The average molecular weight is 288 g/mol. The van der Waals surface area contributed by atoms with Crippen LogP contribution in [0.15, 0.2) is 24.3 Å². The van der Waals surface area contributed by atoms with Crippen molar-refractivity contribution in [2.24, 2.45) is 0 Å². The van der Waals surface area contributed by atoms with Crippen molar-refractivity contribution in [3.8, 4) is 0 Å². The Morgan fingerprint density at radius 1 is 1.45 bits per heavy atom. The van der Waals surface area contributed by atoms with Gasteiger partial charge in [-0.2, -0.15) is 0 Å². The Kier molecular flexibility index (Phi) is 3.54. The lowest BCUT2D eigenvalue weighted by Crippen LogP contribution is -2.28. The highest BCUT2D eigenvalue weighted by atomic mass is 32.1. The maximum atomic E-state index is 12.7. The molecule has 1 aliphatic heterocycles. The van der Waals surface area contributed by atoms with Crippen LogP contribution in [0.5, 0.6) is 0 Å². The van der Waals surface area contributed by atoms with Gasteiger partial charge in [-0.15, -0.1) is 11.3 Å². The van der Waals surface area contributed by atoms with E-state index in [-0.39, 0.29) is 5.91 Å². The molecule has 0 bridgehead atoms. The molecule has 4 nitrogen and oxygen atoms in total. The van der Waals surface area contributed by atoms with Gasteiger partial charge in [0, 0.05) is 19.3 Å². The van der Waals surface area contributed by atoms with Gasteiger partial charge in [0.2, 0.25) is 0 Å². The number of thiazole rings is 1. The average Bonchev–Trinajstić information content (AvgIpc) is 3.02. The van der Waals surface area contributed by atoms with E-state index in [4.69, 9.17) is 4.74 Å². The number of ether oxygens (including phenoxy) is 1. The lowest BCUT2D eigenvalue weighted by Gasteiger charge is -2.16. The summed E-state index contributed by atoms with van der Waals surface area (Å²) in [6.07, 6.45) is 0.921. The predicted octanol–water partition coefficient (Wildman–Crippen LogP) is 2.80. The van der Waals surface area contributed by atoms with E-state index in [1.165, 1.54) is 16.9 Å². The van der Waals surface area contributed by atoms with Crippen LogP contribution in [-0.2, 0) is 17.8 Å². The van der Waals surface area contributed by atoms with Gasteiger partial charge in [0.1, 0.15) is 9.88 Å². The number of aryl methyl sites for hydroxylation is 1. The maximum Gasteiger partial charge on any atom is 0.270 e. The minimum atomic E-state index is 0.0484. The highest BCUT2D eigenvalue weighted by Gasteiger charge is 2.27. The Morgan fingerprint density at radius 3 is 3.05 bits per heavy atom. The molecule has 1 aromatic carbocycles. The fourth-order valence-corrected chi connectivity index (χ4v) is 3.49. The number of para-hydroxylation sites is 1. The number of hydrogen-bond acceptors (Lipinski definition) is 4. The number of hydrogen-bond donors (Lipinski definition) is 0. The normalized spacial score (nSPS) is 13.6. The van der Waals surface area contributed by atoms with Crippen LogP contribution in [0.25, 0.3) is 0 Å². The fourth-order valence-electron chi connectivity index (χ4n) is 2.51. The Morgan fingerprint density at radius 2 is 2.25 bits per heavy atom. The highest BCUT2D eigenvalue weighted by molar-refractivity contribution is 7.13. The second-order valence-electron chi connectivity index (χ2n) is 4.79. The van der Waals surface area contributed by atoms with Gasteiger partial charge in [0.25, 0.3) is 5.91 Å². The van der Waals surface area contributed by atoms with E-state index in [1.54, 1.807) is 7.11 Å². The van der Waals surface area contributed by atoms with E-state index >= 15 is 0 Å². The molecule has 2 aromatic rings. The summed E-state index contributed by atoms with van der Waals surface area (Å²) in [7, 11) is 1.63. The molecule has 1 aromatic heterocycles. The van der Waals surface area contributed by atoms with Gasteiger partial charge in [-0.05, 0) is 25.0 Å². The van der Waals surface area contributed by atoms with Gasteiger partial charge in [0.05, 0.1) is 12.3 Å².